The summed E-state index contributed by atoms with van der Waals surface area (Å²) in [6.07, 6.45) is 0. The second kappa shape index (κ2) is 8.82. The highest BCUT2D eigenvalue weighted by atomic mass is 31.2. The molecule has 0 heterocycles. The van der Waals surface area contributed by atoms with E-state index in [1.54, 1.807) is 24.3 Å². The molecule has 148 valence electrons. The third-order valence-corrected chi connectivity index (χ3v) is 5.04. The molecule has 0 saturated carbocycles. The van der Waals surface area contributed by atoms with E-state index in [9.17, 15) is 4.57 Å². The zero-order valence-corrected chi connectivity index (χ0v) is 17.0. The summed E-state index contributed by atoms with van der Waals surface area (Å²) < 4.78 is 27.2. The van der Waals surface area contributed by atoms with Crippen molar-refractivity contribution < 1.29 is 23.5 Å². The molecule has 0 spiro atoms. The lowest BCUT2D eigenvalue weighted by atomic mass is 9.87. The minimum absolute atomic E-state index is 0. The molecule has 0 bridgehead atoms. The smallest absolute Gasteiger partial charge is 0.394 e. The van der Waals surface area contributed by atoms with Crippen LogP contribution in [0.4, 0.5) is 0 Å². The van der Waals surface area contributed by atoms with Crippen LogP contribution in [-0.2, 0) is 20.1 Å². The van der Waals surface area contributed by atoms with E-state index in [1.807, 2.05) is 24.3 Å². The Hall–Kier alpha value is -1.28. The number of phosphoric acid groups is 1. The van der Waals surface area contributed by atoms with E-state index >= 15 is 0 Å². The first-order valence-corrected chi connectivity index (χ1v) is 9.92. The van der Waals surface area contributed by atoms with Crippen molar-refractivity contribution in [2.45, 2.75) is 52.4 Å². The molecule has 7 heteroatoms. The highest BCUT2D eigenvalue weighted by Crippen LogP contribution is 2.49. The van der Waals surface area contributed by atoms with Crippen LogP contribution in [0.25, 0.3) is 0 Å². The van der Waals surface area contributed by atoms with Crippen LogP contribution in [0.5, 0.6) is 11.5 Å². The molecule has 0 aliphatic rings. The van der Waals surface area contributed by atoms with Crippen molar-refractivity contribution in [2.75, 3.05) is 0 Å². The Morgan fingerprint density at radius 3 is 1.22 bits per heavy atom. The molecule has 2 aromatic carbocycles. The van der Waals surface area contributed by atoms with Gasteiger partial charge in [-0.1, -0.05) is 65.8 Å². The van der Waals surface area contributed by atoms with Gasteiger partial charge in [0.15, 0.2) is 17.4 Å². The minimum atomic E-state index is -4.20. The van der Waals surface area contributed by atoms with Crippen LogP contribution in [0.3, 0.4) is 0 Å². The van der Waals surface area contributed by atoms with Crippen LogP contribution in [0.2, 0.25) is 0 Å². The molecule has 0 aliphatic heterocycles. The summed E-state index contributed by atoms with van der Waals surface area (Å²) in [6.45, 7) is 12.6. The van der Waals surface area contributed by atoms with Gasteiger partial charge in [0.2, 0.25) is 0 Å². The second-order valence-electron chi connectivity index (χ2n) is 8.26. The fraction of sp³-hybridized carbons (Fsp3) is 0.400. The summed E-state index contributed by atoms with van der Waals surface area (Å²) >= 11 is 0. The van der Waals surface area contributed by atoms with Crippen LogP contribution in [-0.4, -0.2) is 22.6 Å². The van der Waals surface area contributed by atoms with Gasteiger partial charge in [-0.05, 0) is 46.2 Å². The van der Waals surface area contributed by atoms with Gasteiger partial charge in [-0.25, -0.2) is 9.82 Å². The Bertz CT molecular complexity index is 711. The summed E-state index contributed by atoms with van der Waals surface area (Å²) in [6, 6.07) is 14.1. The van der Waals surface area contributed by atoms with Crippen LogP contribution in [0.15, 0.2) is 48.5 Å². The van der Waals surface area contributed by atoms with E-state index in [-0.39, 0.29) is 39.7 Å². The summed E-state index contributed by atoms with van der Waals surface area (Å²) in [4.78, 5) is 0. The molecule has 2 aromatic rings. The minimum Gasteiger partial charge on any atom is -0.394 e. The van der Waals surface area contributed by atoms with E-state index in [4.69, 9.17) is 14.3 Å². The molecule has 0 saturated heterocycles. The van der Waals surface area contributed by atoms with Gasteiger partial charge in [0.25, 0.3) is 0 Å². The molecule has 1 N–H and O–H groups in total. The normalized spacial score (nSPS) is 12.3. The lowest BCUT2D eigenvalue weighted by molar-refractivity contribution is -0.154. The molecule has 0 aromatic heterocycles. The Morgan fingerprint density at radius 2 is 1.00 bits per heavy atom. The predicted octanol–water partition coefficient (Wildman–Crippen LogP) is 5.15. The Morgan fingerprint density at radius 1 is 0.704 bits per heavy atom. The molecule has 0 atom stereocenters. The van der Waals surface area contributed by atoms with Gasteiger partial charge >= 0.3 is 7.82 Å². The molecule has 5 nitrogen and oxygen atoms in total. The zero-order valence-electron chi connectivity index (χ0n) is 16.1. The van der Waals surface area contributed by atoms with E-state index in [0.29, 0.717) is 0 Å². The first kappa shape index (κ1) is 23.8. The Kier molecular flexibility index (Phi) is 7.76. The van der Waals surface area contributed by atoms with Gasteiger partial charge in [-0.2, -0.15) is 0 Å². The average molecular weight is 408 g/mol. The number of rotatable bonds is 5. The molecule has 0 fully saturated rings. The van der Waals surface area contributed by atoms with E-state index in [0.717, 1.165) is 11.1 Å². The topological polar surface area (TPSA) is 65.0 Å². The van der Waals surface area contributed by atoms with E-state index in [1.165, 1.54) is 0 Å². The van der Waals surface area contributed by atoms with Gasteiger partial charge < -0.3 is 9.05 Å². The first-order valence-electron chi connectivity index (χ1n) is 8.46. The Balaban J connectivity index is 0.00000364. The molecule has 2 rings (SSSR count). The number of hydrogen-bond donors (Lipinski definition) is 1. The maximum atomic E-state index is 12.6. The van der Waals surface area contributed by atoms with Crippen molar-refractivity contribution in [3.05, 3.63) is 59.7 Å². The monoisotopic (exact) mass is 408 g/mol. The summed E-state index contributed by atoms with van der Waals surface area (Å²) in [5, 5.41) is 9.06. The first-order chi connectivity index (χ1) is 11.9. The third-order valence-electron chi connectivity index (χ3n) is 3.98. The van der Waals surface area contributed by atoms with Crippen molar-refractivity contribution in [3.63, 3.8) is 0 Å². The number of hydrogen-bond acceptors (Lipinski definition) is 5. The quantitative estimate of drug-likeness (QED) is 0.321. The lowest BCUT2D eigenvalue weighted by Crippen LogP contribution is -2.11. The highest BCUT2D eigenvalue weighted by molar-refractivity contribution is 7.49. The Labute approximate surface area is 172 Å². The molecule has 27 heavy (non-hydrogen) atoms. The highest BCUT2D eigenvalue weighted by Gasteiger charge is 2.31. The van der Waals surface area contributed by atoms with Crippen molar-refractivity contribution in [2.24, 2.45) is 0 Å². The number of benzene rings is 2. The van der Waals surface area contributed by atoms with Crippen LogP contribution in [0, 0.1) is 0 Å². The van der Waals surface area contributed by atoms with E-state index < -0.39 is 7.82 Å². The summed E-state index contributed by atoms with van der Waals surface area (Å²) in [5.74, 6) is 0.559. The lowest BCUT2D eigenvalue weighted by Gasteiger charge is -2.21. The molecule has 0 aliphatic carbocycles. The molecular formula is C20H30AlO5P. The second-order valence-corrected chi connectivity index (χ2v) is 9.68. The average Bonchev–Trinajstić information content (AvgIpc) is 2.54. The van der Waals surface area contributed by atoms with E-state index in [2.05, 4.69) is 46.2 Å². The molecule has 0 radical (unpaired) electrons. The van der Waals surface area contributed by atoms with Crippen molar-refractivity contribution in [3.8, 4) is 11.5 Å². The zero-order chi connectivity index (χ0) is 19.6. The van der Waals surface area contributed by atoms with Gasteiger partial charge in [0.1, 0.15) is 11.5 Å². The van der Waals surface area contributed by atoms with Crippen molar-refractivity contribution >= 4 is 25.2 Å². The maximum Gasteiger partial charge on any atom is 0.615 e. The third kappa shape index (κ3) is 6.68. The van der Waals surface area contributed by atoms with Crippen LogP contribution in [0.1, 0.15) is 52.7 Å². The van der Waals surface area contributed by atoms with Crippen molar-refractivity contribution in [1.82, 2.24) is 0 Å². The number of phosphoric ester groups is 1. The van der Waals surface area contributed by atoms with Gasteiger partial charge in [-0.3, -0.25) is 0 Å². The fourth-order valence-corrected chi connectivity index (χ4v) is 3.21. The summed E-state index contributed by atoms with van der Waals surface area (Å²) in [5.41, 5.74) is 2.17. The van der Waals surface area contributed by atoms with Crippen LogP contribution >= 0.6 is 7.82 Å². The fourth-order valence-electron chi connectivity index (χ4n) is 2.34. The largest absolute Gasteiger partial charge is 0.615 e. The SMILES string of the molecule is CC(C)(C)c1ccc(OP(=O)(OO)Oc2ccc(C(C)(C)C)cc2)cc1.[AlH3]. The molecule has 0 unspecified atom stereocenters. The van der Waals surface area contributed by atoms with Gasteiger partial charge in [0, 0.05) is 0 Å². The molecule has 0 amide bonds. The van der Waals surface area contributed by atoms with Crippen molar-refractivity contribution in [1.29, 1.82) is 0 Å². The van der Waals surface area contributed by atoms with Gasteiger partial charge in [0.05, 0.1) is 0 Å². The summed E-state index contributed by atoms with van der Waals surface area (Å²) in [7, 11) is -4.20. The standard InChI is InChI=1S/C20H27O5P.Al.3H/c1-19(2,3)15-7-11-17(12-8-15)23-26(22,25-21)24-18-13-9-16(10-14-18)20(4,5)6;;;;/h7-14,21H,1-6H3;;;;. The maximum absolute atomic E-state index is 12.6. The van der Waals surface area contributed by atoms with Gasteiger partial charge in [-0.15, -0.1) is 4.67 Å². The predicted molar refractivity (Wildman–Crippen MR) is 113 cm³/mol. The molecular weight excluding hydrogens is 378 g/mol. The van der Waals surface area contributed by atoms with Crippen LogP contribution < -0.4 is 9.05 Å².